The van der Waals surface area contributed by atoms with Crippen LogP contribution < -0.4 is 16.0 Å². The Hall–Kier alpha value is -1.75. The molecule has 0 saturated carbocycles. The van der Waals surface area contributed by atoms with Crippen LogP contribution in [0.1, 0.15) is 19.8 Å². The molecule has 1 saturated heterocycles. The summed E-state index contributed by atoms with van der Waals surface area (Å²) >= 11 is 0. The molecule has 2 amide bonds. The summed E-state index contributed by atoms with van der Waals surface area (Å²) in [7, 11) is 0. The van der Waals surface area contributed by atoms with Crippen molar-refractivity contribution < 1.29 is 9.53 Å². The molecule has 20 heavy (non-hydrogen) atoms. The zero-order valence-corrected chi connectivity index (χ0v) is 11.9. The minimum atomic E-state index is -0.136. The molecule has 2 rings (SSSR count). The monoisotopic (exact) mass is 277 g/mol. The van der Waals surface area contributed by atoms with E-state index in [0.29, 0.717) is 13.1 Å². The minimum absolute atomic E-state index is 0.0553. The van der Waals surface area contributed by atoms with E-state index in [1.165, 1.54) is 0 Å². The lowest BCUT2D eigenvalue weighted by Gasteiger charge is -2.17. The van der Waals surface area contributed by atoms with Crippen molar-refractivity contribution in [2.75, 3.05) is 25.0 Å². The molecule has 0 bridgehead atoms. The van der Waals surface area contributed by atoms with E-state index >= 15 is 0 Å². The number of ether oxygens (including phenoxy) is 1. The lowest BCUT2D eigenvalue weighted by molar-refractivity contribution is 0.111. The number of hydrogen-bond acceptors (Lipinski definition) is 3. The van der Waals surface area contributed by atoms with Crippen LogP contribution in [0.2, 0.25) is 0 Å². The molecular formula is C15H23N3O2. The van der Waals surface area contributed by atoms with Gasteiger partial charge >= 0.3 is 6.03 Å². The van der Waals surface area contributed by atoms with Crippen molar-refractivity contribution >= 4 is 11.7 Å². The Morgan fingerprint density at radius 2 is 2.20 bits per heavy atom. The van der Waals surface area contributed by atoms with Crippen LogP contribution in [-0.4, -0.2) is 37.9 Å². The van der Waals surface area contributed by atoms with Gasteiger partial charge in [0.2, 0.25) is 0 Å². The third kappa shape index (κ3) is 5.09. The Morgan fingerprint density at radius 1 is 1.40 bits per heavy atom. The highest BCUT2D eigenvalue weighted by Gasteiger charge is 2.16. The van der Waals surface area contributed by atoms with Gasteiger partial charge in [0, 0.05) is 31.4 Å². The second kappa shape index (κ2) is 7.75. The largest absolute Gasteiger partial charge is 0.383 e. The predicted molar refractivity (Wildman–Crippen MR) is 79.9 cm³/mol. The number of nitrogens with one attached hydrogen (secondary N) is 3. The van der Waals surface area contributed by atoms with Crippen molar-refractivity contribution in [2.24, 2.45) is 0 Å². The molecule has 0 aromatic heterocycles. The fraction of sp³-hybridized carbons (Fsp3) is 0.533. The number of para-hydroxylation sites is 1. The molecule has 5 nitrogen and oxygen atoms in total. The normalized spacial score (nSPS) is 19.4. The first-order chi connectivity index (χ1) is 9.74. The summed E-state index contributed by atoms with van der Waals surface area (Å²) in [6.45, 7) is 4.06. The second-order valence-electron chi connectivity index (χ2n) is 5.14. The highest BCUT2D eigenvalue weighted by molar-refractivity contribution is 5.74. The molecule has 1 fully saturated rings. The number of carbonyl (C=O) groups excluding carboxylic acids is 1. The fourth-order valence-electron chi connectivity index (χ4n) is 2.16. The summed E-state index contributed by atoms with van der Waals surface area (Å²) in [5.41, 5.74) is 1.06. The smallest absolute Gasteiger partial charge is 0.315 e. The molecule has 2 atom stereocenters. The van der Waals surface area contributed by atoms with E-state index < -0.39 is 0 Å². The Morgan fingerprint density at radius 3 is 2.90 bits per heavy atom. The third-order valence-corrected chi connectivity index (χ3v) is 3.28. The standard InChI is InChI=1S/C15H23N3O2/c1-12(10-16-13-6-3-2-4-7-13)18-15(19)17-11-14-8-5-9-20-14/h2-4,6-7,12,14,16H,5,8-11H2,1H3,(H2,17,18,19). The van der Waals surface area contributed by atoms with Gasteiger partial charge in [-0.05, 0) is 31.9 Å². The van der Waals surface area contributed by atoms with Crippen LogP contribution in [0.5, 0.6) is 0 Å². The first-order valence-corrected chi connectivity index (χ1v) is 7.19. The van der Waals surface area contributed by atoms with Crippen LogP contribution in [0.25, 0.3) is 0 Å². The van der Waals surface area contributed by atoms with Gasteiger partial charge in [0.1, 0.15) is 0 Å². The average Bonchev–Trinajstić information content (AvgIpc) is 2.97. The molecule has 0 aliphatic carbocycles. The lowest BCUT2D eigenvalue weighted by atomic mass is 10.2. The number of hydrogen-bond donors (Lipinski definition) is 3. The SMILES string of the molecule is CC(CNc1ccccc1)NC(=O)NCC1CCCO1. The molecular weight excluding hydrogens is 254 g/mol. The van der Waals surface area contributed by atoms with Gasteiger partial charge in [-0.1, -0.05) is 18.2 Å². The summed E-state index contributed by atoms with van der Waals surface area (Å²) < 4.78 is 5.46. The number of rotatable bonds is 6. The van der Waals surface area contributed by atoms with E-state index in [2.05, 4.69) is 16.0 Å². The number of benzene rings is 1. The van der Waals surface area contributed by atoms with Gasteiger partial charge in [-0.2, -0.15) is 0 Å². The maximum atomic E-state index is 11.7. The van der Waals surface area contributed by atoms with Crippen molar-refractivity contribution in [3.63, 3.8) is 0 Å². The zero-order chi connectivity index (χ0) is 14.2. The molecule has 1 aromatic rings. The molecule has 0 radical (unpaired) electrons. The number of urea groups is 1. The van der Waals surface area contributed by atoms with Gasteiger partial charge < -0.3 is 20.7 Å². The highest BCUT2D eigenvalue weighted by atomic mass is 16.5. The van der Waals surface area contributed by atoms with Crippen LogP contribution in [0, 0.1) is 0 Å². The molecule has 2 unspecified atom stereocenters. The van der Waals surface area contributed by atoms with Crippen molar-refractivity contribution in [3.8, 4) is 0 Å². The predicted octanol–water partition coefficient (Wildman–Crippen LogP) is 1.97. The number of amides is 2. The Balaban J connectivity index is 1.60. The van der Waals surface area contributed by atoms with E-state index in [-0.39, 0.29) is 18.2 Å². The fourth-order valence-corrected chi connectivity index (χ4v) is 2.16. The van der Waals surface area contributed by atoms with Crippen molar-refractivity contribution in [1.29, 1.82) is 0 Å². The van der Waals surface area contributed by atoms with E-state index in [0.717, 1.165) is 25.1 Å². The van der Waals surface area contributed by atoms with Gasteiger partial charge in [-0.25, -0.2) is 4.79 Å². The highest BCUT2D eigenvalue weighted by Crippen LogP contribution is 2.10. The van der Waals surface area contributed by atoms with Crippen LogP contribution in [0.3, 0.4) is 0 Å². The lowest BCUT2D eigenvalue weighted by Crippen LogP contribution is -2.45. The third-order valence-electron chi connectivity index (χ3n) is 3.28. The molecule has 1 heterocycles. The van der Waals surface area contributed by atoms with Crippen molar-refractivity contribution in [2.45, 2.75) is 31.9 Å². The molecule has 1 aliphatic heterocycles. The summed E-state index contributed by atoms with van der Waals surface area (Å²) in [6.07, 6.45) is 2.30. The van der Waals surface area contributed by atoms with E-state index in [9.17, 15) is 4.79 Å². The van der Waals surface area contributed by atoms with Gasteiger partial charge in [-0.3, -0.25) is 0 Å². The minimum Gasteiger partial charge on any atom is -0.383 e. The van der Waals surface area contributed by atoms with Crippen LogP contribution in [0.15, 0.2) is 30.3 Å². The Bertz CT molecular complexity index is 405. The molecule has 0 spiro atoms. The summed E-state index contributed by atoms with van der Waals surface area (Å²) in [5, 5.41) is 9.04. The molecule has 1 aliphatic rings. The van der Waals surface area contributed by atoms with Gasteiger partial charge in [0.25, 0.3) is 0 Å². The zero-order valence-electron chi connectivity index (χ0n) is 11.9. The maximum absolute atomic E-state index is 11.7. The van der Waals surface area contributed by atoms with Gasteiger partial charge in [0.15, 0.2) is 0 Å². The first-order valence-electron chi connectivity index (χ1n) is 7.19. The van der Waals surface area contributed by atoms with Crippen molar-refractivity contribution in [1.82, 2.24) is 10.6 Å². The summed E-state index contributed by atoms with van der Waals surface area (Å²) in [6, 6.07) is 9.87. The van der Waals surface area contributed by atoms with Crippen LogP contribution in [-0.2, 0) is 4.74 Å². The van der Waals surface area contributed by atoms with Gasteiger partial charge in [0.05, 0.1) is 6.10 Å². The van der Waals surface area contributed by atoms with E-state index in [1.807, 2.05) is 37.3 Å². The Labute approximate surface area is 120 Å². The first kappa shape index (κ1) is 14.7. The number of anilines is 1. The summed E-state index contributed by atoms with van der Waals surface area (Å²) in [5.74, 6) is 0. The number of carbonyl (C=O) groups is 1. The quantitative estimate of drug-likeness (QED) is 0.745. The Kier molecular flexibility index (Phi) is 5.68. The molecule has 1 aromatic carbocycles. The second-order valence-corrected chi connectivity index (χ2v) is 5.14. The summed E-state index contributed by atoms with van der Waals surface area (Å²) in [4.78, 5) is 11.7. The van der Waals surface area contributed by atoms with Crippen LogP contribution in [0.4, 0.5) is 10.5 Å². The van der Waals surface area contributed by atoms with Crippen molar-refractivity contribution in [3.05, 3.63) is 30.3 Å². The average molecular weight is 277 g/mol. The van der Waals surface area contributed by atoms with E-state index in [1.54, 1.807) is 0 Å². The van der Waals surface area contributed by atoms with Crippen LogP contribution >= 0.6 is 0 Å². The molecule has 3 N–H and O–H groups in total. The maximum Gasteiger partial charge on any atom is 0.315 e. The molecule has 5 heteroatoms. The van der Waals surface area contributed by atoms with Gasteiger partial charge in [-0.15, -0.1) is 0 Å². The molecule has 110 valence electrons. The topological polar surface area (TPSA) is 62.4 Å². The van der Waals surface area contributed by atoms with E-state index in [4.69, 9.17) is 4.74 Å².